The van der Waals surface area contributed by atoms with Crippen LogP contribution in [0.4, 0.5) is 0 Å². The van der Waals surface area contributed by atoms with E-state index in [0.29, 0.717) is 6.42 Å². The Morgan fingerprint density at radius 1 is 1.20 bits per heavy atom. The van der Waals surface area contributed by atoms with Crippen molar-refractivity contribution in [1.82, 2.24) is 9.80 Å². The molecule has 136 valence electrons. The molecular formula is C21H30N2O2. The van der Waals surface area contributed by atoms with E-state index in [-0.39, 0.29) is 5.54 Å². The van der Waals surface area contributed by atoms with Gasteiger partial charge in [-0.2, -0.15) is 0 Å². The second kappa shape index (κ2) is 6.73. The average molecular weight is 342 g/mol. The Morgan fingerprint density at radius 2 is 1.88 bits per heavy atom. The zero-order chi connectivity index (χ0) is 17.4. The summed E-state index contributed by atoms with van der Waals surface area (Å²) in [5.74, 6) is 1.84. The van der Waals surface area contributed by atoms with E-state index in [9.17, 15) is 9.90 Å². The minimum Gasteiger partial charge on any atom is -0.481 e. The van der Waals surface area contributed by atoms with Crippen LogP contribution < -0.4 is 0 Å². The fourth-order valence-electron chi connectivity index (χ4n) is 5.35. The van der Waals surface area contributed by atoms with Gasteiger partial charge >= 0.3 is 5.97 Å². The van der Waals surface area contributed by atoms with Crippen LogP contribution in [0.3, 0.4) is 0 Å². The van der Waals surface area contributed by atoms with Crippen LogP contribution in [-0.4, -0.2) is 59.6 Å². The van der Waals surface area contributed by atoms with Crippen molar-refractivity contribution in [2.45, 2.75) is 43.6 Å². The molecule has 4 nitrogen and oxygen atoms in total. The highest BCUT2D eigenvalue weighted by molar-refractivity contribution is 5.68. The van der Waals surface area contributed by atoms with Crippen LogP contribution >= 0.6 is 0 Å². The first kappa shape index (κ1) is 17.0. The maximum atomic E-state index is 11.3. The van der Waals surface area contributed by atoms with Gasteiger partial charge in [-0.25, -0.2) is 0 Å². The lowest BCUT2D eigenvalue weighted by molar-refractivity contribution is -0.146. The standard InChI is InChI=1S/C21H30N2O2/c1-22-14-21(15-22,13-20(24)25)23-9-7-16(8-10-23)11-18-12-19(18)17-5-3-2-4-6-17/h2-6,16,18-19H,7-15H2,1H3,(H,24,25)/t18-,19?/m1/s1. The monoisotopic (exact) mass is 342 g/mol. The highest BCUT2D eigenvalue weighted by atomic mass is 16.4. The molecule has 3 aliphatic rings. The topological polar surface area (TPSA) is 43.8 Å². The lowest BCUT2D eigenvalue weighted by Gasteiger charge is -2.56. The van der Waals surface area contributed by atoms with E-state index in [1.165, 1.54) is 31.2 Å². The summed E-state index contributed by atoms with van der Waals surface area (Å²) in [7, 11) is 2.09. The third-order valence-electron chi connectivity index (χ3n) is 6.68. The first-order chi connectivity index (χ1) is 12.1. The number of carboxylic acid groups (broad SMARTS) is 1. The van der Waals surface area contributed by atoms with E-state index >= 15 is 0 Å². The minimum atomic E-state index is -0.654. The number of benzene rings is 1. The van der Waals surface area contributed by atoms with Crippen molar-refractivity contribution in [2.24, 2.45) is 11.8 Å². The molecule has 1 aromatic carbocycles. The van der Waals surface area contributed by atoms with E-state index in [1.807, 2.05) is 0 Å². The molecule has 0 amide bonds. The molecule has 2 saturated heterocycles. The lowest BCUT2D eigenvalue weighted by Crippen LogP contribution is -2.70. The molecule has 0 spiro atoms. The van der Waals surface area contributed by atoms with Crippen LogP contribution in [0.1, 0.15) is 43.6 Å². The first-order valence-electron chi connectivity index (χ1n) is 9.76. The molecule has 1 saturated carbocycles. The number of piperidine rings is 1. The number of hydrogen-bond donors (Lipinski definition) is 1. The van der Waals surface area contributed by atoms with Gasteiger partial charge in [-0.1, -0.05) is 30.3 Å². The molecule has 25 heavy (non-hydrogen) atoms. The summed E-state index contributed by atoms with van der Waals surface area (Å²) in [4.78, 5) is 16.0. The SMILES string of the molecule is CN1CC(CC(=O)O)(N2CCC(C[C@@H]3CC3c3ccccc3)CC2)C1. The number of likely N-dealkylation sites (tertiary alicyclic amines) is 2. The quantitative estimate of drug-likeness (QED) is 0.863. The van der Waals surface area contributed by atoms with Gasteiger partial charge in [0.25, 0.3) is 0 Å². The molecule has 2 atom stereocenters. The lowest BCUT2D eigenvalue weighted by atomic mass is 9.81. The highest BCUT2D eigenvalue weighted by Gasteiger charge is 2.48. The van der Waals surface area contributed by atoms with Gasteiger partial charge in [-0.05, 0) is 69.1 Å². The smallest absolute Gasteiger partial charge is 0.305 e. The van der Waals surface area contributed by atoms with Crippen LogP contribution in [-0.2, 0) is 4.79 Å². The molecule has 0 radical (unpaired) electrons. The van der Waals surface area contributed by atoms with E-state index < -0.39 is 5.97 Å². The zero-order valence-corrected chi connectivity index (χ0v) is 15.2. The number of hydrogen-bond acceptors (Lipinski definition) is 3. The first-order valence-corrected chi connectivity index (χ1v) is 9.76. The Kier molecular flexibility index (Phi) is 4.59. The van der Waals surface area contributed by atoms with Crippen LogP contribution in [0.2, 0.25) is 0 Å². The number of nitrogens with zero attached hydrogens (tertiary/aromatic N) is 2. The molecule has 1 unspecified atom stereocenters. The fraction of sp³-hybridized carbons (Fsp3) is 0.667. The van der Waals surface area contributed by atoms with Crippen LogP contribution in [0, 0.1) is 11.8 Å². The van der Waals surface area contributed by atoms with E-state index in [2.05, 4.69) is 47.2 Å². The molecular weight excluding hydrogens is 312 g/mol. The molecule has 1 aromatic rings. The summed E-state index contributed by atoms with van der Waals surface area (Å²) in [5.41, 5.74) is 1.42. The molecule has 2 aliphatic heterocycles. The Balaban J connectivity index is 1.27. The molecule has 0 bridgehead atoms. The summed E-state index contributed by atoms with van der Waals surface area (Å²) >= 11 is 0. The summed E-state index contributed by atoms with van der Waals surface area (Å²) < 4.78 is 0. The van der Waals surface area contributed by atoms with E-state index in [1.54, 1.807) is 0 Å². The summed E-state index contributed by atoms with van der Waals surface area (Å²) in [6.07, 6.45) is 5.49. The highest BCUT2D eigenvalue weighted by Crippen LogP contribution is 2.52. The average Bonchev–Trinajstić information content (AvgIpc) is 3.33. The fourth-order valence-corrected chi connectivity index (χ4v) is 5.35. The van der Waals surface area contributed by atoms with Gasteiger partial charge in [0.05, 0.1) is 12.0 Å². The molecule has 0 aromatic heterocycles. The Labute approximate surface area is 150 Å². The van der Waals surface area contributed by atoms with Crippen LogP contribution in [0.25, 0.3) is 0 Å². The van der Waals surface area contributed by atoms with Gasteiger partial charge in [-0.3, -0.25) is 9.69 Å². The molecule has 3 fully saturated rings. The number of aliphatic carboxylic acids is 1. The summed E-state index contributed by atoms with van der Waals surface area (Å²) in [6, 6.07) is 11.0. The zero-order valence-electron chi connectivity index (χ0n) is 15.2. The van der Waals surface area contributed by atoms with Crippen molar-refractivity contribution in [3.8, 4) is 0 Å². The van der Waals surface area contributed by atoms with Gasteiger partial charge < -0.3 is 10.0 Å². The molecule has 4 heteroatoms. The molecule has 1 aliphatic carbocycles. The van der Waals surface area contributed by atoms with Crippen LogP contribution in [0.15, 0.2) is 30.3 Å². The van der Waals surface area contributed by atoms with Crippen molar-refractivity contribution >= 4 is 5.97 Å². The summed E-state index contributed by atoms with van der Waals surface area (Å²) in [6.45, 7) is 3.97. The van der Waals surface area contributed by atoms with Gasteiger partial charge in [-0.15, -0.1) is 0 Å². The van der Waals surface area contributed by atoms with Gasteiger partial charge in [0.1, 0.15) is 0 Å². The third-order valence-corrected chi connectivity index (χ3v) is 6.68. The number of carboxylic acids is 1. The Bertz CT molecular complexity index is 604. The van der Waals surface area contributed by atoms with Crippen molar-refractivity contribution in [1.29, 1.82) is 0 Å². The van der Waals surface area contributed by atoms with E-state index in [4.69, 9.17) is 0 Å². The largest absolute Gasteiger partial charge is 0.481 e. The Hall–Kier alpha value is -1.39. The predicted molar refractivity (Wildman–Crippen MR) is 98.7 cm³/mol. The molecule has 4 rings (SSSR count). The van der Waals surface area contributed by atoms with Crippen molar-refractivity contribution < 1.29 is 9.90 Å². The maximum Gasteiger partial charge on any atom is 0.305 e. The number of likely N-dealkylation sites (N-methyl/N-ethyl adjacent to an activating group) is 1. The molecule has 2 heterocycles. The minimum absolute atomic E-state index is 0.0995. The number of carbonyl (C=O) groups is 1. The normalized spacial score (nSPS) is 30.0. The van der Waals surface area contributed by atoms with Gasteiger partial charge in [0, 0.05) is 13.1 Å². The van der Waals surface area contributed by atoms with Crippen molar-refractivity contribution in [3.05, 3.63) is 35.9 Å². The van der Waals surface area contributed by atoms with Crippen molar-refractivity contribution in [2.75, 3.05) is 33.2 Å². The second-order valence-electron chi connectivity index (χ2n) is 8.65. The predicted octanol–water partition coefficient (Wildman–Crippen LogP) is 3.05. The van der Waals surface area contributed by atoms with Gasteiger partial charge in [0.2, 0.25) is 0 Å². The van der Waals surface area contributed by atoms with Gasteiger partial charge in [0.15, 0.2) is 0 Å². The Morgan fingerprint density at radius 3 is 2.48 bits per heavy atom. The van der Waals surface area contributed by atoms with E-state index in [0.717, 1.165) is 43.9 Å². The maximum absolute atomic E-state index is 11.3. The van der Waals surface area contributed by atoms with Crippen LogP contribution in [0.5, 0.6) is 0 Å². The van der Waals surface area contributed by atoms with Crippen molar-refractivity contribution in [3.63, 3.8) is 0 Å². The molecule has 1 N–H and O–H groups in total. The number of rotatable bonds is 6. The third kappa shape index (κ3) is 3.61. The summed E-state index contributed by atoms with van der Waals surface area (Å²) in [5, 5.41) is 9.30. The second-order valence-corrected chi connectivity index (χ2v) is 8.65.